The third-order valence-corrected chi connectivity index (χ3v) is 4.54. The molecule has 0 saturated carbocycles. The van der Waals surface area contributed by atoms with E-state index in [4.69, 9.17) is 16.3 Å². The molecule has 136 valence electrons. The molecule has 0 aliphatic heterocycles. The van der Waals surface area contributed by atoms with Crippen molar-refractivity contribution in [3.05, 3.63) is 64.9 Å². The van der Waals surface area contributed by atoms with Crippen LogP contribution in [0, 0.1) is 6.92 Å². The first-order valence-corrected chi connectivity index (χ1v) is 9.36. The van der Waals surface area contributed by atoms with Gasteiger partial charge in [0.15, 0.2) is 0 Å². The fourth-order valence-corrected chi connectivity index (χ4v) is 3.21. The third kappa shape index (κ3) is 3.94. The van der Waals surface area contributed by atoms with Gasteiger partial charge in [0.05, 0.1) is 22.5 Å². The lowest BCUT2D eigenvalue weighted by molar-refractivity contribution is 0.242. The zero-order valence-corrected chi connectivity index (χ0v) is 16.7. The number of ether oxygens (including phenoxy) is 1. The molecule has 0 amide bonds. The van der Waals surface area contributed by atoms with Crippen molar-refractivity contribution in [1.29, 1.82) is 0 Å². The van der Waals surface area contributed by atoms with Crippen LogP contribution in [0.4, 0.5) is 0 Å². The van der Waals surface area contributed by atoms with Crippen molar-refractivity contribution >= 4 is 11.6 Å². The highest BCUT2D eigenvalue weighted by molar-refractivity contribution is 6.32. The number of hydrogen-bond donors (Lipinski definition) is 0. The smallest absolute Gasteiger partial charge is 0.138 e. The maximum absolute atomic E-state index is 6.42. The van der Waals surface area contributed by atoms with Gasteiger partial charge in [-0.3, -0.25) is 0 Å². The van der Waals surface area contributed by atoms with Crippen molar-refractivity contribution in [3.63, 3.8) is 0 Å². The van der Waals surface area contributed by atoms with Crippen LogP contribution in [-0.2, 0) is 0 Å². The van der Waals surface area contributed by atoms with Crippen molar-refractivity contribution in [3.8, 4) is 22.6 Å². The topological polar surface area (TPSA) is 27.1 Å². The van der Waals surface area contributed by atoms with Gasteiger partial charge >= 0.3 is 0 Å². The van der Waals surface area contributed by atoms with Gasteiger partial charge in [-0.25, -0.2) is 4.68 Å². The second-order valence-corrected chi connectivity index (χ2v) is 7.55. The normalized spacial score (nSPS) is 11.4. The molecule has 1 heterocycles. The zero-order valence-electron chi connectivity index (χ0n) is 16.0. The molecule has 0 radical (unpaired) electrons. The molecular formula is C22H25ClN2O. The van der Waals surface area contributed by atoms with Crippen LogP contribution >= 0.6 is 11.6 Å². The summed E-state index contributed by atoms with van der Waals surface area (Å²) in [6.45, 7) is 10.4. The molecule has 1 aromatic heterocycles. The molecule has 3 aromatic rings. The Hall–Kier alpha value is -2.26. The van der Waals surface area contributed by atoms with Gasteiger partial charge in [0.1, 0.15) is 5.75 Å². The average molecular weight is 369 g/mol. The number of aromatic nitrogens is 2. The van der Waals surface area contributed by atoms with Crippen molar-refractivity contribution in [2.45, 2.75) is 46.6 Å². The van der Waals surface area contributed by atoms with Crippen molar-refractivity contribution in [2.75, 3.05) is 0 Å². The summed E-state index contributed by atoms with van der Waals surface area (Å²) >= 11 is 6.42. The van der Waals surface area contributed by atoms with Crippen molar-refractivity contribution in [1.82, 2.24) is 9.78 Å². The Labute approximate surface area is 160 Å². The van der Waals surface area contributed by atoms with E-state index in [9.17, 15) is 0 Å². The van der Waals surface area contributed by atoms with Gasteiger partial charge in [-0.2, -0.15) is 5.10 Å². The van der Waals surface area contributed by atoms with Gasteiger partial charge in [0, 0.05) is 6.20 Å². The van der Waals surface area contributed by atoms with E-state index in [2.05, 4.69) is 37.1 Å². The summed E-state index contributed by atoms with van der Waals surface area (Å²) in [7, 11) is 0. The SMILES string of the molecule is Cc1ccn(-c2cc(-c3ccc(OC(C)C)c(Cl)c3)ccc2C(C)C)n1. The molecule has 2 aromatic carbocycles. The maximum atomic E-state index is 6.42. The van der Waals surface area contributed by atoms with E-state index in [0.717, 1.165) is 22.5 Å². The van der Waals surface area contributed by atoms with Crippen LogP contribution in [0.25, 0.3) is 16.8 Å². The summed E-state index contributed by atoms with van der Waals surface area (Å²) in [5, 5.41) is 5.22. The van der Waals surface area contributed by atoms with Crippen LogP contribution in [0.5, 0.6) is 5.75 Å². The highest BCUT2D eigenvalue weighted by Crippen LogP contribution is 2.33. The molecule has 3 nitrogen and oxygen atoms in total. The Morgan fingerprint density at radius 3 is 2.23 bits per heavy atom. The Kier molecular flexibility index (Phi) is 5.38. The van der Waals surface area contributed by atoms with Crippen LogP contribution in [0.1, 0.15) is 44.9 Å². The molecule has 4 heteroatoms. The zero-order chi connectivity index (χ0) is 18.8. The Bertz CT molecular complexity index is 912. The Morgan fingerprint density at radius 1 is 0.962 bits per heavy atom. The van der Waals surface area contributed by atoms with Gasteiger partial charge in [-0.05, 0) is 67.6 Å². The van der Waals surface area contributed by atoms with E-state index in [1.165, 1.54) is 5.56 Å². The monoisotopic (exact) mass is 368 g/mol. The van der Waals surface area contributed by atoms with Gasteiger partial charge in [0.2, 0.25) is 0 Å². The number of halogens is 1. The summed E-state index contributed by atoms with van der Waals surface area (Å²) in [5.74, 6) is 1.13. The minimum absolute atomic E-state index is 0.0957. The molecule has 0 saturated heterocycles. The average Bonchev–Trinajstić information content (AvgIpc) is 3.02. The van der Waals surface area contributed by atoms with Gasteiger partial charge in [-0.1, -0.05) is 43.6 Å². The molecular weight excluding hydrogens is 344 g/mol. The predicted octanol–water partition coefficient (Wildman–Crippen LogP) is 6.41. The summed E-state index contributed by atoms with van der Waals surface area (Å²) in [6, 6.07) is 14.5. The molecule has 0 bridgehead atoms. The van der Waals surface area contributed by atoms with Gasteiger partial charge in [-0.15, -0.1) is 0 Å². The highest BCUT2D eigenvalue weighted by atomic mass is 35.5. The van der Waals surface area contributed by atoms with Crippen molar-refractivity contribution in [2.24, 2.45) is 0 Å². The maximum Gasteiger partial charge on any atom is 0.138 e. The van der Waals surface area contributed by atoms with Crippen LogP contribution in [0.15, 0.2) is 48.7 Å². The molecule has 3 rings (SSSR count). The minimum atomic E-state index is 0.0957. The quantitative estimate of drug-likeness (QED) is 0.520. The van der Waals surface area contributed by atoms with Crippen LogP contribution in [0.3, 0.4) is 0 Å². The summed E-state index contributed by atoms with van der Waals surface area (Å²) < 4.78 is 7.69. The summed E-state index contributed by atoms with van der Waals surface area (Å²) in [5.41, 5.74) is 5.54. The van der Waals surface area contributed by atoms with Crippen LogP contribution in [-0.4, -0.2) is 15.9 Å². The van der Waals surface area contributed by atoms with E-state index < -0.39 is 0 Å². The van der Waals surface area contributed by atoms with E-state index in [1.807, 2.05) is 55.9 Å². The van der Waals surface area contributed by atoms with Crippen molar-refractivity contribution < 1.29 is 4.74 Å². The van der Waals surface area contributed by atoms with Crippen LogP contribution < -0.4 is 4.74 Å². The lowest BCUT2D eigenvalue weighted by Crippen LogP contribution is -2.05. The number of rotatable bonds is 5. The first-order valence-electron chi connectivity index (χ1n) is 8.98. The second-order valence-electron chi connectivity index (χ2n) is 7.14. The van der Waals surface area contributed by atoms with E-state index >= 15 is 0 Å². The second kappa shape index (κ2) is 7.55. The first kappa shape index (κ1) is 18.5. The van der Waals surface area contributed by atoms with Gasteiger partial charge < -0.3 is 4.74 Å². The molecule has 0 fully saturated rings. The molecule has 0 unspecified atom stereocenters. The number of benzene rings is 2. The highest BCUT2D eigenvalue weighted by Gasteiger charge is 2.13. The van der Waals surface area contributed by atoms with E-state index in [-0.39, 0.29) is 6.10 Å². The van der Waals surface area contributed by atoms with Crippen LogP contribution in [0.2, 0.25) is 5.02 Å². The van der Waals surface area contributed by atoms with E-state index in [0.29, 0.717) is 16.7 Å². The lowest BCUT2D eigenvalue weighted by Gasteiger charge is -2.16. The first-order chi connectivity index (χ1) is 12.3. The molecule has 0 aliphatic rings. The summed E-state index contributed by atoms with van der Waals surface area (Å²) in [6.07, 6.45) is 2.10. The molecule has 26 heavy (non-hydrogen) atoms. The number of aryl methyl sites for hydroxylation is 1. The number of hydrogen-bond acceptors (Lipinski definition) is 2. The Morgan fingerprint density at radius 2 is 1.65 bits per heavy atom. The largest absolute Gasteiger partial charge is 0.489 e. The molecule has 0 atom stereocenters. The number of nitrogens with zero attached hydrogens (tertiary/aromatic N) is 2. The van der Waals surface area contributed by atoms with Gasteiger partial charge in [0.25, 0.3) is 0 Å². The molecule has 0 N–H and O–H groups in total. The predicted molar refractivity (Wildman–Crippen MR) is 109 cm³/mol. The molecule has 0 spiro atoms. The fraction of sp³-hybridized carbons (Fsp3) is 0.318. The van der Waals surface area contributed by atoms with E-state index in [1.54, 1.807) is 0 Å². The lowest BCUT2D eigenvalue weighted by atomic mass is 9.96. The minimum Gasteiger partial charge on any atom is -0.489 e. The third-order valence-electron chi connectivity index (χ3n) is 4.25. The Balaban J connectivity index is 2.05. The fourth-order valence-electron chi connectivity index (χ4n) is 2.99. The summed E-state index contributed by atoms with van der Waals surface area (Å²) in [4.78, 5) is 0. The molecule has 0 aliphatic carbocycles. The standard InChI is InChI=1S/C22H25ClN2O/c1-14(2)19-8-6-18(13-21(19)25-11-10-16(5)24-25)17-7-9-22(20(23)12-17)26-15(3)4/h6-15H,1-5H3.